The van der Waals surface area contributed by atoms with Gasteiger partial charge in [-0.15, -0.1) is 0 Å². The zero-order chi connectivity index (χ0) is 48.0. The number of nitrogens with zero attached hydrogens (tertiary/aromatic N) is 4. The first-order valence-electron chi connectivity index (χ1n) is 25.8. The Kier molecular flexibility index (Phi) is 22.2. The van der Waals surface area contributed by atoms with Crippen LogP contribution in [0.25, 0.3) is 11.1 Å². The summed E-state index contributed by atoms with van der Waals surface area (Å²) in [5.74, 6) is -0.174. The third kappa shape index (κ3) is 15.4. The highest BCUT2D eigenvalue weighted by Crippen LogP contribution is 2.35. The molecule has 0 bridgehead atoms. The number of hydrogen-bond donors (Lipinski definition) is 0. The Balaban J connectivity index is 1.75. The number of halogens is 1. The molecule has 5 rings (SSSR count). The van der Waals surface area contributed by atoms with Crippen LogP contribution >= 0.6 is 11.6 Å². The van der Waals surface area contributed by atoms with Crippen LogP contribution in [0.4, 0.5) is 22.7 Å². The summed E-state index contributed by atoms with van der Waals surface area (Å²) in [6.07, 6.45) is 13.8. The van der Waals surface area contributed by atoms with Crippen LogP contribution < -0.4 is 19.6 Å². The van der Waals surface area contributed by atoms with Crippen LogP contribution in [0, 0.1) is 5.92 Å². The summed E-state index contributed by atoms with van der Waals surface area (Å²) in [7, 11) is 0. The van der Waals surface area contributed by atoms with E-state index >= 15 is 0 Å². The average molecular weight is 922 g/mol. The van der Waals surface area contributed by atoms with Crippen molar-refractivity contribution in [1.29, 1.82) is 0 Å². The molecule has 5 aromatic carbocycles. The van der Waals surface area contributed by atoms with Crippen molar-refractivity contribution in [2.45, 2.75) is 113 Å². The van der Waals surface area contributed by atoms with Crippen LogP contribution in [-0.2, 0) is 0 Å². The Hall–Kier alpha value is -5.26. The van der Waals surface area contributed by atoms with Crippen LogP contribution in [-0.4, -0.2) is 58.1 Å². The number of anilines is 4. The molecule has 5 aromatic rings. The van der Waals surface area contributed by atoms with Gasteiger partial charge in [0.1, 0.15) is 0 Å². The molecule has 0 spiro atoms. The van der Waals surface area contributed by atoms with Gasteiger partial charge in [-0.3, -0.25) is 4.79 Å². The van der Waals surface area contributed by atoms with Crippen LogP contribution in [0.15, 0.2) is 133 Å². The topological polar surface area (TPSA) is 30.0 Å². The maximum absolute atomic E-state index is 14.5. The normalized spacial score (nSPS) is 11.1. The van der Waals surface area contributed by atoms with Gasteiger partial charge < -0.3 is 19.6 Å². The SMILES string of the molecule is CCCN(CCC)c1ccc(C(=CC(C=C(c2ccc(N(CCC)CCC)cc2)c2ccc(N(CCC)CCC)cc2)CC(=O)c2ccc(Cl)cc2)c2ccc(N(CCC)CCC)cc2)cc1. The number of carbonyl (C=O) groups excluding carboxylic acids is 1. The number of benzene rings is 5. The molecule has 358 valence electrons. The van der Waals surface area contributed by atoms with Gasteiger partial charge in [0.2, 0.25) is 0 Å². The third-order valence-electron chi connectivity index (χ3n) is 12.5. The molecule has 0 aliphatic rings. The summed E-state index contributed by atoms with van der Waals surface area (Å²) in [6.45, 7) is 26.2. The van der Waals surface area contributed by atoms with Crippen LogP contribution in [0.1, 0.15) is 146 Å². The van der Waals surface area contributed by atoms with E-state index in [0.717, 1.165) is 137 Å². The molecule has 0 aromatic heterocycles. The fourth-order valence-corrected chi connectivity index (χ4v) is 9.45. The highest BCUT2D eigenvalue weighted by molar-refractivity contribution is 6.30. The third-order valence-corrected chi connectivity index (χ3v) is 12.7. The van der Waals surface area contributed by atoms with Crippen molar-refractivity contribution < 1.29 is 4.79 Å². The quantitative estimate of drug-likeness (QED) is 0.0446. The van der Waals surface area contributed by atoms with Crippen molar-refractivity contribution in [3.8, 4) is 0 Å². The van der Waals surface area contributed by atoms with E-state index in [1.54, 1.807) is 0 Å². The minimum absolute atomic E-state index is 0.0818. The first-order chi connectivity index (χ1) is 32.7. The molecule has 0 atom stereocenters. The maximum Gasteiger partial charge on any atom is 0.163 e. The lowest BCUT2D eigenvalue weighted by Gasteiger charge is -2.25. The van der Waals surface area contributed by atoms with Crippen molar-refractivity contribution in [3.05, 3.63) is 166 Å². The van der Waals surface area contributed by atoms with E-state index in [0.29, 0.717) is 17.0 Å². The molecular formula is C61H81ClN4O. The zero-order valence-electron chi connectivity index (χ0n) is 42.4. The molecule has 5 nitrogen and oxygen atoms in total. The predicted molar refractivity (Wildman–Crippen MR) is 295 cm³/mol. The summed E-state index contributed by atoms with van der Waals surface area (Å²) >= 11 is 6.35. The largest absolute Gasteiger partial charge is 0.372 e. The second-order valence-electron chi connectivity index (χ2n) is 18.1. The van der Waals surface area contributed by atoms with E-state index in [1.807, 2.05) is 24.3 Å². The van der Waals surface area contributed by atoms with Crippen LogP contribution in [0.2, 0.25) is 5.02 Å². The van der Waals surface area contributed by atoms with Crippen molar-refractivity contribution in [1.82, 2.24) is 0 Å². The lowest BCUT2D eigenvalue weighted by atomic mass is 9.87. The predicted octanol–water partition coefficient (Wildman–Crippen LogP) is 16.3. The second-order valence-corrected chi connectivity index (χ2v) is 18.5. The summed E-state index contributed by atoms with van der Waals surface area (Å²) in [5.41, 5.74) is 12.4. The van der Waals surface area contributed by atoms with Crippen LogP contribution in [0.5, 0.6) is 0 Å². The number of allylic oxidation sites excluding steroid dienone is 2. The summed E-state index contributed by atoms with van der Waals surface area (Å²) < 4.78 is 0. The fourth-order valence-electron chi connectivity index (χ4n) is 9.33. The van der Waals surface area contributed by atoms with Crippen molar-refractivity contribution in [3.63, 3.8) is 0 Å². The molecule has 0 saturated carbocycles. The Bertz CT molecular complexity index is 1970. The molecule has 0 heterocycles. The van der Waals surface area contributed by atoms with E-state index < -0.39 is 0 Å². The van der Waals surface area contributed by atoms with Gasteiger partial charge in [0.05, 0.1) is 0 Å². The summed E-state index contributed by atoms with van der Waals surface area (Å²) in [6, 6.07) is 43.9. The van der Waals surface area contributed by atoms with E-state index in [2.05, 4.69) is 184 Å². The number of ketones is 1. The van der Waals surface area contributed by atoms with E-state index in [1.165, 1.54) is 22.7 Å². The fraction of sp³-hybridized carbons (Fsp3) is 0.426. The van der Waals surface area contributed by atoms with Gasteiger partial charge in [0.15, 0.2) is 5.78 Å². The van der Waals surface area contributed by atoms with Crippen molar-refractivity contribution >= 4 is 51.3 Å². The first-order valence-corrected chi connectivity index (χ1v) is 26.2. The van der Waals surface area contributed by atoms with Gasteiger partial charge in [-0.1, -0.05) is 128 Å². The van der Waals surface area contributed by atoms with Crippen molar-refractivity contribution in [2.75, 3.05) is 72.0 Å². The smallest absolute Gasteiger partial charge is 0.163 e. The Morgan fingerprint density at radius 3 is 0.821 bits per heavy atom. The van der Waals surface area contributed by atoms with E-state index in [9.17, 15) is 4.79 Å². The molecule has 0 saturated heterocycles. The zero-order valence-corrected chi connectivity index (χ0v) is 43.1. The second kappa shape index (κ2) is 28.2. The molecule has 6 heteroatoms. The Morgan fingerprint density at radius 2 is 0.597 bits per heavy atom. The van der Waals surface area contributed by atoms with Crippen LogP contribution in [0.3, 0.4) is 0 Å². The van der Waals surface area contributed by atoms with Gasteiger partial charge in [0.25, 0.3) is 0 Å². The lowest BCUT2D eigenvalue weighted by Crippen LogP contribution is -2.24. The van der Waals surface area contributed by atoms with Gasteiger partial charge >= 0.3 is 0 Å². The highest BCUT2D eigenvalue weighted by atomic mass is 35.5. The molecule has 0 radical (unpaired) electrons. The van der Waals surface area contributed by atoms with Gasteiger partial charge in [-0.05, 0) is 158 Å². The summed E-state index contributed by atoms with van der Waals surface area (Å²) in [5, 5.41) is 0.622. The molecule has 0 aliphatic heterocycles. The van der Waals surface area contributed by atoms with Gasteiger partial charge in [-0.25, -0.2) is 0 Å². The van der Waals surface area contributed by atoms with Crippen molar-refractivity contribution in [2.24, 2.45) is 5.92 Å². The Labute approximate surface area is 411 Å². The Morgan fingerprint density at radius 1 is 0.373 bits per heavy atom. The molecule has 67 heavy (non-hydrogen) atoms. The summed E-state index contributed by atoms with van der Waals surface area (Å²) in [4.78, 5) is 24.5. The minimum atomic E-state index is -0.256. The van der Waals surface area contributed by atoms with Gasteiger partial charge in [0, 0.05) is 98.0 Å². The molecule has 0 amide bonds. The van der Waals surface area contributed by atoms with E-state index in [4.69, 9.17) is 11.6 Å². The number of carbonyl (C=O) groups is 1. The lowest BCUT2D eigenvalue weighted by molar-refractivity contribution is 0.0975. The average Bonchev–Trinajstić information content (AvgIpc) is 3.35. The van der Waals surface area contributed by atoms with E-state index in [-0.39, 0.29) is 11.7 Å². The highest BCUT2D eigenvalue weighted by Gasteiger charge is 2.19. The standard InChI is InChI=1S/C61H81ClN4O/c1-9-37-63(38-10-2)55-29-19-49(20-30-55)59(50-21-31-56(32-22-50)64(39-11-3)40-12-4)45-48(47-61(67)53-17-27-54(62)28-18-53)46-60(51-23-33-57(34-24-51)65(41-13-5)42-14-6)52-25-35-58(36-26-52)66(43-15-7)44-16-8/h17-36,45-46,48H,9-16,37-44,47H2,1-8H3. The number of rotatable bonds is 29. The molecule has 0 N–H and O–H groups in total. The van der Waals surface area contributed by atoms with Gasteiger partial charge in [-0.2, -0.15) is 0 Å². The maximum atomic E-state index is 14.5. The minimum Gasteiger partial charge on any atom is -0.372 e. The molecule has 0 fully saturated rings. The molecular weight excluding hydrogens is 840 g/mol. The molecule has 0 unspecified atom stereocenters. The molecule has 0 aliphatic carbocycles. The first kappa shape index (κ1) is 52.7. The monoisotopic (exact) mass is 921 g/mol. The number of hydrogen-bond acceptors (Lipinski definition) is 5. The number of Topliss-reactive ketones (excluding diaryl/α,β-unsaturated/α-hetero) is 1.